The van der Waals surface area contributed by atoms with Crippen molar-refractivity contribution in [3.8, 4) is 0 Å². The van der Waals surface area contributed by atoms with Crippen LogP contribution in [0.3, 0.4) is 0 Å². The van der Waals surface area contributed by atoms with Gasteiger partial charge in [0.15, 0.2) is 0 Å². The number of aryl methyl sites for hydroxylation is 1. The van der Waals surface area contributed by atoms with Crippen LogP contribution in [-0.2, 0) is 14.9 Å². The van der Waals surface area contributed by atoms with Crippen molar-refractivity contribution in [2.24, 2.45) is 0 Å². The van der Waals surface area contributed by atoms with Crippen molar-refractivity contribution in [1.82, 2.24) is 4.89 Å². The van der Waals surface area contributed by atoms with Crippen LogP contribution in [0.15, 0.2) is 29.2 Å². The monoisotopic (exact) mass is 243 g/mol. The van der Waals surface area contributed by atoms with Crippen molar-refractivity contribution in [2.45, 2.75) is 38.2 Å². The standard InChI is InChI=1S/C11H17NO3S/c1-9-7-5-6-8-10(9)16(13,14)12-15-11(2,3)4/h5-8,12H,1-4H3. The predicted molar refractivity (Wildman–Crippen MR) is 62.3 cm³/mol. The summed E-state index contributed by atoms with van der Waals surface area (Å²) in [4.78, 5) is 7.43. The van der Waals surface area contributed by atoms with Crippen molar-refractivity contribution in [3.63, 3.8) is 0 Å². The highest BCUT2D eigenvalue weighted by atomic mass is 32.2. The normalized spacial score (nSPS) is 12.8. The molecule has 0 radical (unpaired) electrons. The summed E-state index contributed by atoms with van der Waals surface area (Å²) in [5, 5.41) is 0. The Morgan fingerprint density at radius 2 is 1.75 bits per heavy atom. The Morgan fingerprint density at radius 1 is 1.19 bits per heavy atom. The van der Waals surface area contributed by atoms with E-state index in [4.69, 9.17) is 4.84 Å². The molecule has 16 heavy (non-hydrogen) atoms. The lowest BCUT2D eigenvalue weighted by molar-refractivity contribution is -0.0357. The molecule has 0 bridgehead atoms. The molecule has 0 aromatic heterocycles. The fourth-order valence-corrected chi connectivity index (χ4v) is 2.28. The second kappa shape index (κ2) is 4.53. The molecule has 0 heterocycles. The maximum Gasteiger partial charge on any atom is 0.262 e. The van der Waals surface area contributed by atoms with Crippen LogP contribution in [0.25, 0.3) is 0 Å². The summed E-state index contributed by atoms with van der Waals surface area (Å²) in [6.07, 6.45) is 0. The molecule has 0 aliphatic carbocycles. The summed E-state index contributed by atoms with van der Waals surface area (Å²) < 4.78 is 23.7. The largest absolute Gasteiger partial charge is 0.281 e. The van der Waals surface area contributed by atoms with Gasteiger partial charge in [0.05, 0.1) is 10.5 Å². The van der Waals surface area contributed by atoms with E-state index in [1.54, 1.807) is 52.0 Å². The molecule has 4 nitrogen and oxygen atoms in total. The van der Waals surface area contributed by atoms with Gasteiger partial charge in [-0.25, -0.2) is 8.42 Å². The molecule has 0 spiro atoms. The predicted octanol–water partition coefficient (Wildman–Crippen LogP) is 2.00. The molecule has 0 atom stereocenters. The lowest BCUT2D eigenvalue weighted by Gasteiger charge is -2.19. The van der Waals surface area contributed by atoms with Crippen molar-refractivity contribution < 1.29 is 13.3 Å². The van der Waals surface area contributed by atoms with Crippen LogP contribution in [0, 0.1) is 6.92 Å². The molecule has 0 aliphatic heterocycles. The molecule has 90 valence electrons. The number of hydrogen-bond acceptors (Lipinski definition) is 3. The van der Waals surface area contributed by atoms with Gasteiger partial charge in [-0.05, 0) is 39.3 Å². The number of rotatable bonds is 3. The third-order valence-electron chi connectivity index (χ3n) is 1.84. The molecular weight excluding hydrogens is 226 g/mol. The minimum Gasteiger partial charge on any atom is -0.281 e. The molecular formula is C11H17NO3S. The lowest BCUT2D eigenvalue weighted by atomic mass is 10.2. The van der Waals surface area contributed by atoms with Crippen molar-refractivity contribution >= 4 is 10.0 Å². The molecule has 0 saturated carbocycles. The van der Waals surface area contributed by atoms with E-state index in [9.17, 15) is 8.42 Å². The van der Waals surface area contributed by atoms with Crippen LogP contribution in [0.1, 0.15) is 26.3 Å². The maximum atomic E-state index is 11.9. The average molecular weight is 243 g/mol. The van der Waals surface area contributed by atoms with Crippen LogP contribution in [-0.4, -0.2) is 14.0 Å². The van der Waals surface area contributed by atoms with E-state index in [0.717, 1.165) is 0 Å². The van der Waals surface area contributed by atoms with Gasteiger partial charge in [0.1, 0.15) is 0 Å². The first-order valence-corrected chi connectivity index (χ1v) is 6.46. The van der Waals surface area contributed by atoms with E-state index >= 15 is 0 Å². The fourth-order valence-electron chi connectivity index (χ4n) is 1.08. The Balaban J connectivity index is 2.92. The van der Waals surface area contributed by atoms with E-state index in [-0.39, 0.29) is 4.90 Å². The summed E-state index contributed by atoms with van der Waals surface area (Å²) in [7, 11) is -3.60. The highest BCUT2D eigenvalue weighted by Gasteiger charge is 2.20. The fraction of sp³-hybridized carbons (Fsp3) is 0.455. The Labute approximate surface area is 96.6 Å². The Bertz CT molecular complexity index is 460. The van der Waals surface area contributed by atoms with Gasteiger partial charge in [0, 0.05) is 0 Å². The molecule has 1 N–H and O–H groups in total. The highest BCUT2D eigenvalue weighted by molar-refractivity contribution is 7.89. The zero-order valence-corrected chi connectivity index (χ0v) is 10.8. The minimum atomic E-state index is -3.60. The molecule has 5 heteroatoms. The van der Waals surface area contributed by atoms with E-state index < -0.39 is 15.6 Å². The van der Waals surface area contributed by atoms with E-state index in [0.29, 0.717) is 5.56 Å². The topological polar surface area (TPSA) is 55.4 Å². The van der Waals surface area contributed by atoms with Crippen LogP contribution < -0.4 is 4.89 Å². The summed E-state index contributed by atoms with van der Waals surface area (Å²) in [6, 6.07) is 6.76. The van der Waals surface area contributed by atoms with Crippen molar-refractivity contribution in [2.75, 3.05) is 0 Å². The van der Waals surface area contributed by atoms with Crippen LogP contribution in [0.4, 0.5) is 0 Å². The molecule has 0 fully saturated rings. The zero-order chi connectivity index (χ0) is 12.4. The second-order valence-corrected chi connectivity index (χ2v) is 6.18. The van der Waals surface area contributed by atoms with Gasteiger partial charge in [-0.2, -0.15) is 0 Å². The average Bonchev–Trinajstić information content (AvgIpc) is 2.14. The van der Waals surface area contributed by atoms with Crippen LogP contribution in [0.5, 0.6) is 0 Å². The van der Waals surface area contributed by atoms with Crippen molar-refractivity contribution in [1.29, 1.82) is 0 Å². The molecule has 0 saturated heterocycles. The van der Waals surface area contributed by atoms with E-state index in [1.807, 2.05) is 0 Å². The summed E-state index contributed by atoms with van der Waals surface area (Å²) in [5.74, 6) is 0. The molecule has 0 unspecified atom stereocenters. The smallest absolute Gasteiger partial charge is 0.262 e. The van der Waals surface area contributed by atoms with E-state index in [1.165, 1.54) is 0 Å². The first kappa shape index (κ1) is 13.2. The van der Waals surface area contributed by atoms with Gasteiger partial charge in [0.2, 0.25) is 0 Å². The first-order chi connectivity index (χ1) is 7.22. The quantitative estimate of drug-likeness (QED) is 0.826. The minimum absolute atomic E-state index is 0.235. The van der Waals surface area contributed by atoms with Gasteiger partial charge < -0.3 is 0 Å². The number of benzene rings is 1. The van der Waals surface area contributed by atoms with Crippen LogP contribution in [0.2, 0.25) is 0 Å². The molecule has 0 aliphatic rings. The lowest BCUT2D eigenvalue weighted by Crippen LogP contribution is -2.33. The van der Waals surface area contributed by atoms with Crippen LogP contribution >= 0.6 is 0 Å². The maximum absolute atomic E-state index is 11.9. The molecule has 1 aromatic rings. The Hall–Kier alpha value is -0.910. The highest BCUT2D eigenvalue weighted by Crippen LogP contribution is 2.15. The summed E-state index contributed by atoms with van der Waals surface area (Å²) >= 11 is 0. The summed E-state index contributed by atoms with van der Waals surface area (Å²) in [5.41, 5.74) is 0.128. The van der Waals surface area contributed by atoms with Gasteiger partial charge in [-0.15, -0.1) is 0 Å². The van der Waals surface area contributed by atoms with Gasteiger partial charge in [0.25, 0.3) is 10.0 Å². The zero-order valence-electron chi connectivity index (χ0n) is 9.94. The number of sulfonamides is 1. The SMILES string of the molecule is Cc1ccccc1S(=O)(=O)NOC(C)(C)C. The van der Waals surface area contributed by atoms with Gasteiger partial charge >= 0.3 is 0 Å². The molecule has 1 aromatic carbocycles. The van der Waals surface area contributed by atoms with E-state index in [2.05, 4.69) is 4.89 Å². The molecule has 0 amide bonds. The first-order valence-electron chi connectivity index (χ1n) is 4.98. The molecule has 1 rings (SSSR count). The van der Waals surface area contributed by atoms with Gasteiger partial charge in [-0.3, -0.25) is 4.84 Å². The van der Waals surface area contributed by atoms with Crippen molar-refractivity contribution in [3.05, 3.63) is 29.8 Å². The second-order valence-electron chi connectivity index (χ2n) is 4.57. The van der Waals surface area contributed by atoms with Gasteiger partial charge in [-0.1, -0.05) is 23.1 Å². The third kappa shape index (κ3) is 3.59. The Morgan fingerprint density at radius 3 is 2.25 bits per heavy atom. The summed E-state index contributed by atoms with van der Waals surface area (Å²) in [6.45, 7) is 7.06. The third-order valence-corrected chi connectivity index (χ3v) is 3.18. The number of nitrogens with one attached hydrogen (secondary N) is 1. The Kier molecular flexibility index (Phi) is 3.72. The number of hydrogen-bond donors (Lipinski definition) is 1.